The molecule has 1 N–H and O–H groups in total. The fourth-order valence-electron chi connectivity index (χ4n) is 3.02. The molecule has 1 amide bonds. The molecule has 0 aliphatic heterocycles. The summed E-state index contributed by atoms with van der Waals surface area (Å²) in [5, 5.41) is 2.64. The van der Waals surface area contributed by atoms with Gasteiger partial charge in [-0.05, 0) is 36.6 Å². The van der Waals surface area contributed by atoms with Crippen LogP contribution < -0.4 is 5.32 Å². The number of rotatable bonds is 4. The van der Waals surface area contributed by atoms with Crippen molar-refractivity contribution in [3.63, 3.8) is 0 Å². The Labute approximate surface area is 142 Å². The number of amides is 1. The van der Waals surface area contributed by atoms with Crippen molar-refractivity contribution in [1.29, 1.82) is 0 Å². The molecule has 3 rings (SSSR count). The molecular formula is C18H16F4N2O. The van der Waals surface area contributed by atoms with Crippen molar-refractivity contribution in [3.05, 3.63) is 65.0 Å². The summed E-state index contributed by atoms with van der Waals surface area (Å²) in [6.07, 6.45) is 2.46. The molecule has 0 radical (unpaired) electrons. The predicted molar refractivity (Wildman–Crippen MR) is 83.4 cm³/mol. The van der Waals surface area contributed by atoms with Crippen molar-refractivity contribution in [2.24, 2.45) is 0 Å². The molecular weight excluding hydrogens is 336 g/mol. The molecule has 1 aromatic carbocycles. The lowest BCUT2D eigenvalue weighted by Crippen LogP contribution is -2.46. The first-order valence-electron chi connectivity index (χ1n) is 7.86. The summed E-state index contributed by atoms with van der Waals surface area (Å²) in [5.74, 6) is -5.61. The summed E-state index contributed by atoms with van der Waals surface area (Å²) in [7, 11) is 0. The fraction of sp³-hybridized carbons (Fsp3) is 0.333. The zero-order valence-electron chi connectivity index (χ0n) is 13.4. The van der Waals surface area contributed by atoms with E-state index in [2.05, 4.69) is 10.3 Å². The Morgan fingerprint density at radius 3 is 2.60 bits per heavy atom. The third-order valence-electron chi connectivity index (χ3n) is 4.45. The van der Waals surface area contributed by atoms with Crippen LogP contribution >= 0.6 is 0 Å². The first kappa shape index (κ1) is 17.4. The number of carbonyl (C=O) groups is 1. The van der Waals surface area contributed by atoms with Crippen LogP contribution in [-0.2, 0) is 5.92 Å². The number of nitrogens with one attached hydrogen (secondary N) is 1. The van der Waals surface area contributed by atoms with Gasteiger partial charge in [-0.1, -0.05) is 6.07 Å². The molecule has 1 aliphatic rings. The van der Waals surface area contributed by atoms with Crippen molar-refractivity contribution in [3.8, 4) is 0 Å². The minimum Gasteiger partial charge on any atom is -0.347 e. The number of halogens is 4. The molecule has 1 heterocycles. The molecule has 0 bridgehead atoms. The minimum atomic E-state index is -3.21. The highest BCUT2D eigenvalue weighted by Crippen LogP contribution is 2.38. The van der Waals surface area contributed by atoms with Gasteiger partial charge in [-0.15, -0.1) is 0 Å². The normalized spacial score (nSPS) is 20.0. The Bertz CT molecular complexity index is 804. The van der Waals surface area contributed by atoms with Gasteiger partial charge in [0.2, 0.25) is 0 Å². The van der Waals surface area contributed by atoms with E-state index in [1.54, 1.807) is 0 Å². The molecule has 0 unspecified atom stereocenters. The molecule has 1 saturated carbocycles. The van der Waals surface area contributed by atoms with E-state index in [0.717, 1.165) is 18.2 Å². The topological polar surface area (TPSA) is 42.0 Å². The summed E-state index contributed by atoms with van der Waals surface area (Å²) in [6.45, 7) is 0.695. The maximum absolute atomic E-state index is 13.9. The Morgan fingerprint density at radius 1 is 1.24 bits per heavy atom. The van der Waals surface area contributed by atoms with Crippen LogP contribution in [0.2, 0.25) is 0 Å². The predicted octanol–water partition coefficient (Wildman–Crippen LogP) is 4.15. The smallest absolute Gasteiger partial charge is 0.272 e. The van der Waals surface area contributed by atoms with Crippen LogP contribution in [0.15, 0.2) is 36.5 Å². The van der Waals surface area contributed by atoms with Gasteiger partial charge in [-0.25, -0.2) is 17.6 Å². The van der Waals surface area contributed by atoms with E-state index in [4.69, 9.17) is 0 Å². The Morgan fingerprint density at radius 2 is 2.00 bits per heavy atom. The molecule has 0 spiro atoms. The van der Waals surface area contributed by atoms with Crippen LogP contribution in [0, 0.1) is 11.6 Å². The van der Waals surface area contributed by atoms with Gasteiger partial charge in [0.1, 0.15) is 17.3 Å². The van der Waals surface area contributed by atoms with E-state index < -0.39 is 35.1 Å². The second-order valence-corrected chi connectivity index (χ2v) is 6.22. The molecule has 2 atom stereocenters. The summed E-state index contributed by atoms with van der Waals surface area (Å²) in [6, 6.07) is 5.38. The average Bonchev–Trinajstić information content (AvgIpc) is 2.53. The highest BCUT2D eigenvalue weighted by molar-refractivity contribution is 5.94. The average molecular weight is 352 g/mol. The van der Waals surface area contributed by atoms with Gasteiger partial charge in [0.15, 0.2) is 0 Å². The summed E-state index contributed by atoms with van der Waals surface area (Å²) < 4.78 is 54.2. The lowest BCUT2D eigenvalue weighted by molar-refractivity contribution is 0.0158. The quantitative estimate of drug-likeness (QED) is 0.840. The Kier molecular flexibility index (Phi) is 4.49. The Balaban J connectivity index is 1.78. The number of hydrogen-bond donors (Lipinski definition) is 1. The molecule has 1 fully saturated rings. The van der Waals surface area contributed by atoms with Gasteiger partial charge in [-0.2, -0.15) is 0 Å². The highest BCUT2D eigenvalue weighted by Gasteiger charge is 2.37. The zero-order valence-corrected chi connectivity index (χ0v) is 13.4. The van der Waals surface area contributed by atoms with Crippen LogP contribution in [-0.4, -0.2) is 16.9 Å². The first-order chi connectivity index (χ1) is 11.8. The maximum atomic E-state index is 13.9. The van der Waals surface area contributed by atoms with Crippen LogP contribution in [0.4, 0.5) is 17.6 Å². The number of pyridine rings is 1. The van der Waals surface area contributed by atoms with Crippen LogP contribution in [0.5, 0.6) is 0 Å². The minimum absolute atomic E-state index is 0.306. The van der Waals surface area contributed by atoms with Crippen LogP contribution in [0.1, 0.15) is 47.3 Å². The number of aromatic nitrogens is 1. The van der Waals surface area contributed by atoms with Gasteiger partial charge in [-0.3, -0.25) is 9.78 Å². The van der Waals surface area contributed by atoms with E-state index in [1.165, 1.54) is 18.3 Å². The van der Waals surface area contributed by atoms with Crippen molar-refractivity contribution in [2.45, 2.75) is 37.6 Å². The van der Waals surface area contributed by atoms with Crippen molar-refractivity contribution >= 4 is 5.91 Å². The lowest BCUT2D eigenvalue weighted by atomic mass is 9.74. The van der Waals surface area contributed by atoms with E-state index >= 15 is 0 Å². The Hall–Kier alpha value is -2.44. The second-order valence-electron chi connectivity index (χ2n) is 6.22. The van der Waals surface area contributed by atoms with Gasteiger partial charge in [0.05, 0.1) is 5.56 Å². The van der Waals surface area contributed by atoms with Gasteiger partial charge in [0.25, 0.3) is 11.8 Å². The zero-order chi connectivity index (χ0) is 18.2. The monoisotopic (exact) mass is 352 g/mol. The second kappa shape index (κ2) is 6.46. The van der Waals surface area contributed by atoms with Crippen LogP contribution in [0.25, 0.3) is 0 Å². The molecule has 25 heavy (non-hydrogen) atoms. The molecule has 1 aliphatic carbocycles. The molecule has 2 aromatic rings. The lowest BCUT2D eigenvalue weighted by Gasteiger charge is -2.37. The molecule has 3 nitrogen and oxygen atoms in total. The van der Waals surface area contributed by atoms with E-state index in [-0.39, 0.29) is 11.6 Å². The largest absolute Gasteiger partial charge is 0.347 e. The maximum Gasteiger partial charge on any atom is 0.272 e. The number of benzene rings is 1. The third kappa shape index (κ3) is 3.50. The van der Waals surface area contributed by atoms with E-state index in [1.807, 2.05) is 0 Å². The number of nitrogens with zero attached hydrogens (tertiary/aromatic N) is 1. The summed E-state index contributed by atoms with van der Waals surface area (Å²) in [4.78, 5) is 16.1. The first-order valence-corrected chi connectivity index (χ1v) is 7.86. The highest BCUT2D eigenvalue weighted by atomic mass is 19.3. The molecule has 0 saturated heterocycles. The van der Waals surface area contributed by atoms with Crippen molar-refractivity contribution in [1.82, 2.24) is 10.3 Å². The van der Waals surface area contributed by atoms with Gasteiger partial charge < -0.3 is 5.32 Å². The third-order valence-corrected chi connectivity index (χ3v) is 4.45. The molecule has 132 valence electrons. The molecule has 7 heteroatoms. The fourth-order valence-corrected chi connectivity index (χ4v) is 3.02. The SMILES string of the molecule is CC(F)(F)c1cccnc1C(=O)N[C@H]1CC[C@H]1c1ccc(F)cc1F. The van der Waals surface area contributed by atoms with E-state index in [9.17, 15) is 22.4 Å². The van der Waals surface area contributed by atoms with Gasteiger partial charge in [0, 0.05) is 31.1 Å². The summed E-state index contributed by atoms with van der Waals surface area (Å²) >= 11 is 0. The molecule has 1 aromatic heterocycles. The number of carbonyl (C=O) groups excluding carboxylic acids is 1. The standard InChI is InChI=1S/C18H16F4N2O/c1-18(21,22)13-3-2-8-23-16(13)17(25)24-15-7-6-12(15)11-5-4-10(19)9-14(11)20/h2-5,8-9,12,15H,6-7H2,1H3,(H,24,25)/t12-,15-/m0/s1. The number of hydrogen-bond acceptors (Lipinski definition) is 2. The van der Waals surface area contributed by atoms with E-state index in [0.29, 0.717) is 25.3 Å². The van der Waals surface area contributed by atoms with Crippen molar-refractivity contribution < 1.29 is 22.4 Å². The van der Waals surface area contributed by atoms with Crippen LogP contribution in [0.3, 0.4) is 0 Å². The summed E-state index contributed by atoms with van der Waals surface area (Å²) in [5.41, 5.74) is -0.503. The van der Waals surface area contributed by atoms with Crippen molar-refractivity contribution in [2.75, 3.05) is 0 Å². The van der Waals surface area contributed by atoms with Gasteiger partial charge >= 0.3 is 0 Å². The number of alkyl halides is 2.